The maximum absolute atomic E-state index is 13.5. The largest absolute Gasteiger partial charge is 0.342 e. The van der Waals surface area contributed by atoms with Crippen molar-refractivity contribution in [2.45, 2.75) is 143 Å². The number of carbonyl (C=O) groups is 4. The van der Waals surface area contributed by atoms with Crippen molar-refractivity contribution in [3.8, 4) is 0 Å². The highest BCUT2D eigenvalue weighted by atomic mass is 16.2. The van der Waals surface area contributed by atoms with E-state index in [-0.39, 0.29) is 48.3 Å². The average Bonchev–Trinajstić information content (AvgIpc) is 3.59. The van der Waals surface area contributed by atoms with Crippen LogP contribution in [0, 0.1) is 11.8 Å². The lowest BCUT2D eigenvalue weighted by atomic mass is 10.1. The summed E-state index contributed by atoms with van der Waals surface area (Å²) < 4.78 is 0. The molecule has 4 amide bonds. The predicted octanol–water partition coefficient (Wildman–Crippen LogP) is 6.66. The Kier molecular flexibility index (Phi) is 19.4. The zero-order valence-electron chi connectivity index (χ0n) is 29.0. The zero-order chi connectivity index (χ0) is 32.2. The minimum atomic E-state index is -0.294. The molecule has 254 valence electrons. The number of likely N-dealkylation sites (tertiary alicyclic amines) is 2. The summed E-state index contributed by atoms with van der Waals surface area (Å²) in [6.45, 7) is 13.6. The second-order valence-electron chi connectivity index (χ2n) is 13.4. The molecule has 0 aromatic rings. The predicted molar refractivity (Wildman–Crippen MR) is 179 cm³/mol. The third-order valence-corrected chi connectivity index (χ3v) is 9.52. The Hall–Kier alpha value is -2.12. The number of carbonyl (C=O) groups excluding carboxylic acids is 4. The van der Waals surface area contributed by atoms with Crippen LogP contribution in [-0.4, -0.2) is 95.6 Å². The minimum absolute atomic E-state index is 0.00451. The second-order valence-corrected chi connectivity index (χ2v) is 13.4. The highest BCUT2D eigenvalue weighted by molar-refractivity contribution is 5.90. The van der Waals surface area contributed by atoms with Crippen molar-refractivity contribution in [1.29, 1.82) is 0 Å². The number of nitrogens with zero attached hydrogens (tertiary/aromatic N) is 4. The van der Waals surface area contributed by atoms with Crippen LogP contribution in [0.3, 0.4) is 0 Å². The third kappa shape index (κ3) is 13.5. The highest BCUT2D eigenvalue weighted by Crippen LogP contribution is 2.24. The van der Waals surface area contributed by atoms with Crippen LogP contribution < -0.4 is 0 Å². The van der Waals surface area contributed by atoms with Crippen molar-refractivity contribution in [3.63, 3.8) is 0 Å². The van der Waals surface area contributed by atoms with Crippen LogP contribution in [-0.2, 0) is 19.2 Å². The van der Waals surface area contributed by atoms with E-state index in [9.17, 15) is 19.2 Å². The number of unbranched alkanes of at least 4 members (excludes halogenated alkanes) is 12. The fourth-order valence-corrected chi connectivity index (χ4v) is 6.65. The summed E-state index contributed by atoms with van der Waals surface area (Å²) in [4.78, 5) is 60.5. The quantitative estimate of drug-likeness (QED) is 0.107. The van der Waals surface area contributed by atoms with Gasteiger partial charge >= 0.3 is 0 Å². The average molecular weight is 619 g/mol. The molecular formula is C36H66N4O4. The topological polar surface area (TPSA) is 81.2 Å². The molecule has 0 bridgehead atoms. The van der Waals surface area contributed by atoms with Gasteiger partial charge in [-0.3, -0.25) is 19.2 Å². The molecule has 2 aliphatic rings. The van der Waals surface area contributed by atoms with Gasteiger partial charge in [0.1, 0.15) is 0 Å². The van der Waals surface area contributed by atoms with Gasteiger partial charge in [-0.15, -0.1) is 0 Å². The maximum atomic E-state index is 13.5. The van der Waals surface area contributed by atoms with Gasteiger partial charge in [-0.05, 0) is 25.7 Å². The number of hydrogen-bond donors (Lipinski definition) is 0. The summed E-state index contributed by atoms with van der Waals surface area (Å²) in [5.74, 6) is -0.339. The Morgan fingerprint density at radius 3 is 1.09 bits per heavy atom. The van der Waals surface area contributed by atoms with E-state index in [1.165, 1.54) is 51.4 Å². The summed E-state index contributed by atoms with van der Waals surface area (Å²) in [7, 11) is 0. The van der Waals surface area contributed by atoms with E-state index in [1.807, 2.05) is 9.80 Å². The van der Waals surface area contributed by atoms with Gasteiger partial charge in [0.2, 0.25) is 23.6 Å². The Labute approximate surface area is 269 Å². The molecular weight excluding hydrogens is 552 g/mol. The lowest BCUT2D eigenvalue weighted by Gasteiger charge is -2.27. The molecule has 8 heteroatoms. The molecule has 2 rings (SSSR count). The molecule has 2 aliphatic heterocycles. The lowest BCUT2D eigenvalue weighted by Crippen LogP contribution is -2.41. The van der Waals surface area contributed by atoms with Crippen LogP contribution in [0.1, 0.15) is 143 Å². The number of rotatable bonds is 25. The van der Waals surface area contributed by atoms with Crippen LogP contribution in [0.15, 0.2) is 0 Å². The van der Waals surface area contributed by atoms with E-state index in [0.717, 1.165) is 77.5 Å². The Morgan fingerprint density at radius 2 is 0.818 bits per heavy atom. The van der Waals surface area contributed by atoms with Crippen molar-refractivity contribution in [2.24, 2.45) is 11.8 Å². The van der Waals surface area contributed by atoms with E-state index >= 15 is 0 Å². The van der Waals surface area contributed by atoms with Crippen molar-refractivity contribution >= 4 is 23.6 Å². The van der Waals surface area contributed by atoms with Crippen molar-refractivity contribution in [3.05, 3.63) is 0 Å². The van der Waals surface area contributed by atoms with Gasteiger partial charge in [-0.25, -0.2) is 0 Å². The van der Waals surface area contributed by atoms with E-state index in [0.29, 0.717) is 26.2 Å². The summed E-state index contributed by atoms with van der Waals surface area (Å²) in [5, 5.41) is 0. The molecule has 2 fully saturated rings. The Bertz CT molecular complexity index is 758. The molecule has 0 aromatic carbocycles. The second kappa shape index (κ2) is 22.4. The first-order valence-corrected chi connectivity index (χ1v) is 18.5. The smallest absolute Gasteiger partial charge is 0.227 e. The number of hydrogen-bond acceptors (Lipinski definition) is 4. The van der Waals surface area contributed by atoms with Crippen LogP contribution in [0.5, 0.6) is 0 Å². The monoisotopic (exact) mass is 619 g/mol. The van der Waals surface area contributed by atoms with Gasteiger partial charge in [0.15, 0.2) is 0 Å². The van der Waals surface area contributed by atoms with E-state index in [1.54, 1.807) is 9.80 Å². The molecule has 8 nitrogen and oxygen atoms in total. The van der Waals surface area contributed by atoms with Gasteiger partial charge in [-0.2, -0.15) is 0 Å². The van der Waals surface area contributed by atoms with Crippen LogP contribution >= 0.6 is 0 Å². The van der Waals surface area contributed by atoms with Gasteiger partial charge in [0.25, 0.3) is 0 Å². The summed E-state index contributed by atoms with van der Waals surface area (Å²) in [6, 6.07) is 0. The first-order valence-electron chi connectivity index (χ1n) is 18.5. The minimum Gasteiger partial charge on any atom is -0.342 e. The number of amides is 4. The molecule has 0 saturated carbocycles. The van der Waals surface area contributed by atoms with Gasteiger partial charge in [0, 0.05) is 65.2 Å². The van der Waals surface area contributed by atoms with E-state index < -0.39 is 0 Å². The molecule has 44 heavy (non-hydrogen) atoms. The molecule has 0 aliphatic carbocycles. The molecule has 0 spiro atoms. The molecule has 0 aromatic heterocycles. The standard InChI is InChI=1S/C36H66N4O4/c1-5-9-13-17-21-37(22-18-14-10-6-2)35(43)31-27-33(41)39(29-31)25-26-40-30-32(28-34(40)42)36(44)38(23-19-15-11-7-3)24-20-16-12-8-4/h31-32H,5-30H2,1-4H3. The van der Waals surface area contributed by atoms with Crippen molar-refractivity contribution < 1.29 is 19.2 Å². The van der Waals surface area contributed by atoms with Crippen LogP contribution in [0.25, 0.3) is 0 Å². The summed E-state index contributed by atoms with van der Waals surface area (Å²) >= 11 is 0. The van der Waals surface area contributed by atoms with Gasteiger partial charge < -0.3 is 19.6 Å². The van der Waals surface area contributed by atoms with E-state index in [2.05, 4.69) is 27.7 Å². The fourth-order valence-electron chi connectivity index (χ4n) is 6.65. The molecule has 2 unspecified atom stereocenters. The molecule has 2 saturated heterocycles. The highest BCUT2D eigenvalue weighted by Gasteiger charge is 2.39. The molecule has 2 atom stereocenters. The lowest BCUT2D eigenvalue weighted by molar-refractivity contribution is -0.136. The first kappa shape index (κ1) is 38.1. The van der Waals surface area contributed by atoms with E-state index in [4.69, 9.17) is 0 Å². The van der Waals surface area contributed by atoms with Gasteiger partial charge in [-0.1, -0.05) is 105 Å². The summed E-state index contributed by atoms with van der Waals surface area (Å²) in [5.41, 5.74) is 0. The Morgan fingerprint density at radius 1 is 0.523 bits per heavy atom. The van der Waals surface area contributed by atoms with Crippen molar-refractivity contribution in [2.75, 3.05) is 52.4 Å². The molecule has 0 N–H and O–H groups in total. The molecule has 2 heterocycles. The van der Waals surface area contributed by atoms with Crippen molar-refractivity contribution in [1.82, 2.24) is 19.6 Å². The normalized spacial score (nSPS) is 18.5. The Balaban J connectivity index is 1.89. The maximum Gasteiger partial charge on any atom is 0.227 e. The molecule has 0 radical (unpaired) electrons. The van der Waals surface area contributed by atoms with Crippen LogP contribution in [0.4, 0.5) is 0 Å². The fraction of sp³-hybridized carbons (Fsp3) is 0.889. The SMILES string of the molecule is CCCCCCN(CCCCCC)C(=O)C1CC(=O)N(CCN2CC(C(=O)N(CCCCCC)CCCCCC)CC2=O)C1. The third-order valence-electron chi connectivity index (χ3n) is 9.52. The zero-order valence-corrected chi connectivity index (χ0v) is 29.0. The van der Waals surface area contributed by atoms with Gasteiger partial charge in [0.05, 0.1) is 11.8 Å². The summed E-state index contributed by atoms with van der Waals surface area (Å²) in [6.07, 6.45) is 18.5. The first-order chi connectivity index (χ1) is 21.4. The van der Waals surface area contributed by atoms with Crippen LogP contribution in [0.2, 0.25) is 0 Å².